The van der Waals surface area contributed by atoms with E-state index in [1.807, 2.05) is 54.6 Å². The third-order valence-electron chi connectivity index (χ3n) is 5.36. The van der Waals surface area contributed by atoms with Gasteiger partial charge in [0.1, 0.15) is 17.7 Å². The number of methoxy groups -OCH3 is 1. The number of hydrogen-bond acceptors (Lipinski definition) is 8. The molecule has 198 valence electrons. The van der Waals surface area contributed by atoms with E-state index in [2.05, 4.69) is 0 Å². The number of hydrogen-bond donors (Lipinski definition) is 0. The summed E-state index contributed by atoms with van der Waals surface area (Å²) in [6.45, 7) is 3.73. The van der Waals surface area contributed by atoms with Crippen LogP contribution >= 0.6 is 11.8 Å². The molecule has 2 aromatic rings. The average molecular weight is 538 g/mol. The summed E-state index contributed by atoms with van der Waals surface area (Å²) in [6, 6.07) is 17.4. The van der Waals surface area contributed by atoms with Gasteiger partial charge < -0.3 is 28.6 Å². The summed E-state index contributed by atoms with van der Waals surface area (Å²) >= 11 is 1.66. The van der Waals surface area contributed by atoms with Crippen LogP contribution in [-0.2, 0) is 36.4 Å². The fourth-order valence-corrected chi connectivity index (χ4v) is 5.52. The zero-order valence-corrected chi connectivity index (χ0v) is 22.3. The molecule has 1 heterocycles. The Morgan fingerprint density at radius 2 is 1.61 bits per heavy atom. The summed E-state index contributed by atoms with van der Waals surface area (Å²) in [4.78, 5) is 14.5. The molecule has 0 bridgehead atoms. The van der Waals surface area contributed by atoms with E-state index < -0.39 is 10.8 Å². The molecule has 1 saturated heterocycles. The Balaban J connectivity index is 1.22. The van der Waals surface area contributed by atoms with E-state index in [1.54, 1.807) is 23.8 Å². The van der Waals surface area contributed by atoms with Gasteiger partial charge in [0, 0.05) is 28.9 Å². The minimum atomic E-state index is -1.28. The predicted octanol–water partition coefficient (Wildman–Crippen LogP) is 2.97. The van der Waals surface area contributed by atoms with Crippen LogP contribution < -0.4 is 9.47 Å². The van der Waals surface area contributed by atoms with E-state index in [0.29, 0.717) is 70.0 Å². The standard InChI is InChI=1S/C26H35NO7S2/c1-30-23-9-5-6-10-24(23)34-20-26-27(11-17-35-26)25(28)21-36(29)18-16-32-13-12-31-14-15-33-19-22-7-3-2-4-8-22/h2-10,26H,11-21H2,1H3. The van der Waals surface area contributed by atoms with Gasteiger partial charge in [-0.15, -0.1) is 11.8 Å². The van der Waals surface area contributed by atoms with Crippen LogP contribution in [-0.4, -0.2) is 90.9 Å². The van der Waals surface area contributed by atoms with E-state index in [1.165, 1.54) is 0 Å². The van der Waals surface area contributed by atoms with Crippen molar-refractivity contribution >= 4 is 28.5 Å². The molecule has 2 unspecified atom stereocenters. The lowest BCUT2D eigenvalue weighted by molar-refractivity contribution is -0.128. The van der Waals surface area contributed by atoms with Crippen molar-refractivity contribution in [2.45, 2.75) is 12.0 Å². The fraction of sp³-hybridized carbons (Fsp3) is 0.500. The number of carbonyl (C=O) groups excluding carboxylic acids is 1. The Morgan fingerprint density at radius 3 is 2.36 bits per heavy atom. The van der Waals surface area contributed by atoms with Gasteiger partial charge in [-0.05, 0) is 17.7 Å². The van der Waals surface area contributed by atoms with E-state index >= 15 is 0 Å². The normalized spacial score (nSPS) is 16.1. The topological polar surface area (TPSA) is 83.5 Å². The third kappa shape index (κ3) is 10.1. The molecule has 36 heavy (non-hydrogen) atoms. The maximum Gasteiger partial charge on any atom is 0.236 e. The number of nitrogens with zero attached hydrogens (tertiary/aromatic N) is 1. The largest absolute Gasteiger partial charge is 0.493 e. The second kappa shape index (κ2) is 16.6. The van der Waals surface area contributed by atoms with Crippen molar-refractivity contribution in [3.63, 3.8) is 0 Å². The first-order valence-corrected chi connectivity index (χ1v) is 14.5. The molecule has 0 saturated carbocycles. The number of ether oxygens (including phenoxy) is 5. The summed E-state index contributed by atoms with van der Waals surface area (Å²) in [5.41, 5.74) is 1.13. The van der Waals surface area contributed by atoms with Crippen LogP contribution in [0.5, 0.6) is 11.5 Å². The van der Waals surface area contributed by atoms with Crippen LogP contribution in [0.1, 0.15) is 5.56 Å². The third-order valence-corrected chi connectivity index (χ3v) is 7.74. The highest BCUT2D eigenvalue weighted by Crippen LogP contribution is 2.29. The summed E-state index contributed by atoms with van der Waals surface area (Å²) in [7, 11) is 0.312. The smallest absolute Gasteiger partial charge is 0.236 e. The molecule has 1 aliphatic rings. The Hall–Kier alpha value is -2.11. The predicted molar refractivity (Wildman–Crippen MR) is 142 cm³/mol. The van der Waals surface area contributed by atoms with Crippen LogP contribution in [0.3, 0.4) is 0 Å². The highest BCUT2D eigenvalue weighted by Gasteiger charge is 2.30. The molecule has 3 rings (SSSR count). The molecule has 8 nitrogen and oxygen atoms in total. The molecule has 2 aromatic carbocycles. The van der Waals surface area contributed by atoms with E-state index in [9.17, 15) is 9.00 Å². The van der Waals surface area contributed by atoms with E-state index in [4.69, 9.17) is 23.7 Å². The van der Waals surface area contributed by atoms with Crippen LogP contribution in [0.25, 0.3) is 0 Å². The summed E-state index contributed by atoms with van der Waals surface area (Å²) in [5, 5.41) is -0.107. The highest BCUT2D eigenvalue weighted by atomic mass is 32.2. The molecule has 0 N–H and O–H groups in total. The monoisotopic (exact) mass is 537 g/mol. The van der Waals surface area contributed by atoms with Crippen molar-refractivity contribution in [2.24, 2.45) is 0 Å². The zero-order chi connectivity index (χ0) is 25.4. The molecule has 0 aromatic heterocycles. The fourth-order valence-electron chi connectivity index (χ4n) is 3.49. The van der Waals surface area contributed by atoms with Gasteiger partial charge in [0.2, 0.25) is 5.91 Å². The highest BCUT2D eigenvalue weighted by molar-refractivity contribution is 8.00. The first kappa shape index (κ1) is 28.5. The number of thioether (sulfide) groups is 1. The average Bonchev–Trinajstić information content (AvgIpc) is 3.38. The van der Waals surface area contributed by atoms with Crippen molar-refractivity contribution in [2.75, 3.05) is 70.6 Å². The van der Waals surface area contributed by atoms with Crippen LogP contribution in [0.4, 0.5) is 0 Å². The molecule has 0 aliphatic carbocycles. The summed E-state index contributed by atoms with van der Waals surface area (Å²) in [6.07, 6.45) is 0. The van der Waals surface area contributed by atoms with E-state index in [-0.39, 0.29) is 17.0 Å². The SMILES string of the molecule is COc1ccccc1OCC1SCCN1C(=O)CS(=O)CCOCCOCCOCc1ccccc1. The lowest BCUT2D eigenvalue weighted by atomic mass is 10.2. The molecule has 0 spiro atoms. The Bertz CT molecular complexity index is 932. The van der Waals surface area contributed by atoms with Crippen LogP contribution in [0, 0.1) is 0 Å². The molecule has 1 amide bonds. The molecule has 1 fully saturated rings. The Labute approximate surface area is 220 Å². The van der Waals surface area contributed by atoms with Crippen molar-refractivity contribution in [1.82, 2.24) is 4.90 Å². The molecule has 1 aliphatic heterocycles. The van der Waals surface area contributed by atoms with Gasteiger partial charge in [-0.3, -0.25) is 9.00 Å². The maximum atomic E-state index is 12.7. The number of para-hydroxylation sites is 2. The van der Waals surface area contributed by atoms with Gasteiger partial charge in [0.25, 0.3) is 0 Å². The number of amides is 1. The first-order valence-electron chi connectivity index (χ1n) is 12.0. The summed E-state index contributed by atoms with van der Waals surface area (Å²) < 4.78 is 40.1. The van der Waals surface area contributed by atoms with Crippen molar-refractivity contribution in [3.8, 4) is 11.5 Å². The lowest BCUT2D eigenvalue weighted by Crippen LogP contribution is -2.40. The van der Waals surface area contributed by atoms with Crippen molar-refractivity contribution in [1.29, 1.82) is 0 Å². The molecule has 0 radical (unpaired) electrons. The lowest BCUT2D eigenvalue weighted by Gasteiger charge is -2.24. The van der Waals surface area contributed by atoms with Gasteiger partial charge in [-0.2, -0.15) is 0 Å². The molecule has 2 atom stereocenters. The summed E-state index contributed by atoms with van der Waals surface area (Å²) in [5.74, 6) is 2.31. The van der Waals surface area contributed by atoms with Gasteiger partial charge in [-0.1, -0.05) is 42.5 Å². The van der Waals surface area contributed by atoms with Crippen molar-refractivity contribution < 1.29 is 32.7 Å². The van der Waals surface area contributed by atoms with Gasteiger partial charge in [0.15, 0.2) is 11.5 Å². The zero-order valence-electron chi connectivity index (χ0n) is 20.7. The molecular weight excluding hydrogens is 502 g/mol. The minimum Gasteiger partial charge on any atom is -0.493 e. The number of carbonyl (C=O) groups is 1. The molecule has 10 heteroatoms. The second-order valence-corrected chi connectivity index (χ2v) is 10.8. The Morgan fingerprint density at radius 1 is 0.944 bits per heavy atom. The minimum absolute atomic E-state index is 0.00959. The maximum absolute atomic E-state index is 12.7. The van der Waals surface area contributed by atoms with Gasteiger partial charge in [0.05, 0.1) is 46.8 Å². The van der Waals surface area contributed by atoms with Gasteiger partial charge in [-0.25, -0.2) is 0 Å². The van der Waals surface area contributed by atoms with Gasteiger partial charge >= 0.3 is 0 Å². The first-order chi connectivity index (χ1) is 17.7. The van der Waals surface area contributed by atoms with E-state index in [0.717, 1.165) is 11.3 Å². The quantitative estimate of drug-likeness (QED) is 0.285. The van der Waals surface area contributed by atoms with Crippen molar-refractivity contribution in [3.05, 3.63) is 60.2 Å². The molecular formula is C26H35NO7S2. The number of rotatable bonds is 17. The number of benzene rings is 2. The van der Waals surface area contributed by atoms with Crippen LogP contribution in [0.2, 0.25) is 0 Å². The van der Waals surface area contributed by atoms with Crippen LogP contribution in [0.15, 0.2) is 54.6 Å². The Kier molecular flexibility index (Phi) is 13.1. The second-order valence-electron chi connectivity index (χ2n) is 7.93.